The quantitative estimate of drug-likeness (QED) is 0.463. The first-order valence-corrected chi connectivity index (χ1v) is 5.43. The molecule has 0 radical (unpaired) electrons. The molecule has 0 rings (SSSR count). The minimum Gasteiger partial charge on any atom is -0.322 e. The van der Waals surface area contributed by atoms with Gasteiger partial charge in [-0.3, -0.25) is 9.52 Å². The van der Waals surface area contributed by atoms with E-state index in [2.05, 4.69) is 4.72 Å². The fraction of sp³-hybridized carbons (Fsp3) is 0.875. The first-order chi connectivity index (χ1) is 5.68. The van der Waals surface area contributed by atoms with Gasteiger partial charge >= 0.3 is 0 Å². The smallest absolute Gasteiger partial charge is 0.146 e. The van der Waals surface area contributed by atoms with E-state index in [4.69, 9.17) is 5.73 Å². The molecule has 72 valence electrons. The number of hydrogen-bond acceptors (Lipinski definition) is 4. The topological polar surface area (TPSA) is 55.1 Å². The molecule has 0 saturated heterocycles. The van der Waals surface area contributed by atoms with Crippen molar-refractivity contribution in [3.63, 3.8) is 0 Å². The third-order valence-corrected chi connectivity index (χ3v) is 2.20. The minimum atomic E-state index is -0.251. The summed E-state index contributed by atoms with van der Waals surface area (Å²) in [6.07, 6.45) is 4.92. The molecule has 3 nitrogen and oxygen atoms in total. The zero-order chi connectivity index (χ0) is 9.40. The monoisotopic (exact) mass is 190 g/mol. The number of carbonyl (C=O) groups excluding carboxylic acids is 1. The summed E-state index contributed by atoms with van der Waals surface area (Å²) in [5.74, 6) is 0.0906. The van der Waals surface area contributed by atoms with E-state index < -0.39 is 0 Å². The third kappa shape index (κ3) is 6.64. The second-order valence-corrected chi connectivity index (χ2v) is 3.51. The van der Waals surface area contributed by atoms with Gasteiger partial charge in [0.25, 0.3) is 0 Å². The van der Waals surface area contributed by atoms with Gasteiger partial charge in [0.1, 0.15) is 5.78 Å². The van der Waals surface area contributed by atoms with Gasteiger partial charge in [0, 0.05) is 6.54 Å². The van der Waals surface area contributed by atoms with Crippen LogP contribution in [0.2, 0.25) is 0 Å². The van der Waals surface area contributed by atoms with E-state index >= 15 is 0 Å². The molecular weight excluding hydrogens is 172 g/mol. The number of ketones is 1. The Bertz CT molecular complexity index is 130. The molecule has 1 unspecified atom stereocenters. The first-order valence-electron chi connectivity index (χ1n) is 4.20. The van der Waals surface area contributed by atoms with Gasteiger partial charge in [-0.25, -0.2) is 0 Å². The molecule has 0 heterocycles. The Labute approximate surface area is 78.6 Å². The average Bonchev–Trinajstić information content (AvgIpc) is 2.03. The molecule has 0 amide bonds. The molecule has 0 bridgehead atoms. The number of Topliss-reactive ketones (excluding diaryl/α,β-unsaturated/α-hetero) is 1. The second kappa shape index (κ2) is 7.58. The molecule has 0 aromatic carbocycles. The van der Waals surface area contributed by atoms with Gasteiger partial charge in [-0.15, -0.1) is 0 Å². The highest BCUT2D eigenvalue weighted by Crippen LogP contribution is 1.99. The summed E-state index contributed by atoms with van der Waals surface area (Å²) in [4.78, 5) is 10.7. The largest absolute Gasteiger partial charge is 0.322 e. The van der Waals surface area contributed by atoms with Crippen molar-refractivity contribution in [2.45, 2.75) is 32.2 Å². The SMILES string of the molecule is CSNCCCCC(N)C(C)=O. The lowest BCUT2D eigenvalue weighted by Gasteiger charge is -2.06. The van der Waals surface area contributed by atoms with E-state index in [9.17, 15) is 4.79 Å². The van der Waals surface area contributed by atoms with Gasteiger partial charge in [-0.2, -0.15) is 0 Å². The Morgan fingerprint density at radius 3 is 2.75 bits per heavy atom. The Hall–Kier alpha value is -0.0600. The number of rotatable bonds is 7. The van der Waals surface area contributed by atoms with Crippen molar-refractivity contribution in [2.24, 2.45) is 5.73 Å². The van der Waals surface area contributed by atoms with Gasteiger partial charge < -0.3 is 5.73 Å². The maximum absolute atomic E-state index is 10.7. The molecule has 0 aromatic rings. The molecule has 4 heteroatoms. The lowest BCUT2D eigenvalue weighted by atomic mass is 10.1. The van der Waals surface area contributed by atoms with Crippen LogP contribution in [0.3, 0.4) is 0 Å². The molecule has 3 N–H and O–H groups in total. The van der Waals surface area contributed by atoms with Gasteiger partial charge in [-0.1, -0.05) is 18.4 Å². The zero-order valence-electron chi connectivity index (χ0n) is 7.80. The summed E-state index contributed by atoms with van der Waals surface area (Å²) in [6.45, 7) is 2.54. The van der Waals surface area contributed by atoms with Gasteiger partial charge in [0.15, 0.2) is 0 Å². The Kier molecular flexibility index (Phi) is 7.54. The highest BCUT2D eigenvalue weighted by Gasteiger charge is 2.06. The highest BCUT2D eigenvalue weighted by molar-refractivity contribution is 7.96. The van der Waals surface area contributed by atoms with E-state index in [-0.39, 0.29) is 11.8 Å². The molecule has 0 aliphatic carbocycles. The van der Waals surface area contributed by atoms with Crippen LogP contribution in [-0.2, 0) is 4.79 Å². The summed E-state index contributed by atoms with van der Waals surface area (Å²) in [5.41, 5.74) is 5.56. The number of nitrogens with two attached hydrogens (primary N) is 1. The van der Waals surface area contributed by atoms with E-state index in [0.29, 0.717) is 0 Å². The summed E-state index contributed by atoms with van der Waals surface area (Å²) in [7, 11) is 0. The second-order valence-electron chi connectivity index (χ2n) is 2.81. The normalized spacial score (nSPS) is 12.9. The molecule has 0 aromatic heterocycles. The molecule has 0 spiro atoms. The average molecular weight is 190 g/mol. The fourth-order valence-electron chi connectivity index (χ4n) is 0.867. The van der Waals surface area contributed by atoms with Gasteiger partial charge in [0.05, 0.1) is 6.04 Å². The molecular formula is C8H18N2OS. The number of nitrogens with one attached hydrogen (secondary N) is 1. The first kappa shape index (κ1) is 11.9. The van der Waals surface area contributed by atoms with Crippen LogP contribution in [0.25, 0.3) is 0 Å². The van der Waals surface area contributed by atoms with Crippen molar-refractivity contribution < 1.29 is 4.79 Å². The van der Waals surface area contributed by atoms with Crippen molar-refractivity contribution >= 4 is 17.7 Å². The molecule has 12 heavy (non-hydrogen) atoms. The minimum absolute atomic E-state index is 0.0906. The van der Waals surface area contributed by atoms with Crippen molar-refractivity contribution in [2.75, 3.05) is 12.8 Å². The van der Waals surface area contributed by atoms with Crippen LogP contribution in [-0.4, -0.2) is 24.6 Å². The van der Waals surface area contributed by atoms with Crippen molar-refractivity contribution in [1.29, 1.82) is 0 Å². The van der Waals surface area contributed by atoms with Crippen LogP contribution in [0.15, 0.2) is 0 Å². The van der Waals surface area contributed by atoms with Gasteiger partial charge in [-0.05, 0) is 26.0 Å². The lowest BCUT2D eigenvalue weighted by Crippen LogP contribution is -2.28. The summed E-state index contributed by atoms with van der Waals surface area (Å²) in [6, 6.07) is -0.251. The number of carbonyl (C=O) groups is 1. The van der Waals surface area contributed by atoms with Crippen molar-refractivity contribution in [3.05, 3.63) is 0 Å². The number of unbranched alkanes of at least 4 members (excludes halogenated alkanes) is 1. The molecule has 0 aliphatic heterocycles. The molecule has 0 saturated carbocycles. The molecule has 0 aliphatic rings. The maximum Gasteiger partial charge on any atom is 0.146 e. The Morgan fingerprint density at radius 2 is 2.25 bits per heavy atom. The van der Waals surface area contributed by atoms with Crippen LogP contribution < -0.4 is 10.5 Å². The standard InChI is InChI=1S/C8H18N2OS/c1-7(11)8(9)5-3-4-6-10-12-2/h8,10H,3-6,9H2,1-2H3. The summed E-state index contributed by atoms with van der Waals surface area (Å²) < 4.78 is 3.14. The van der Waals surface area contributed by atoms with Crippen LogP contribution in [0.4, 0.5) is 0 Å². The highest BCUT2D eigenvalue weighted by atomic mass is 32.2. The Morgan fingerprint density at radius 1 is 1.58 bits per heavy atom. The summed E-state index contributed by atoms with van der Waals surface area (Å²) >= 11 is 1.62. The van der Waals surface area contributed by atoms with Crippen LogP contribution in [0.5, 0.6) is 0 Å². The maximum atomic E-state index is 10.7. The van der Waals surface area contributed by atoms with E-state index in [0.717, 1.165) is 25.8 Å². The van der Waals surface area contributed by atoms with Crippen LogP contribution in [0.1, 0.15) is 26.2 Å². The summed E-state index contributed by atoms with van der Waals surface area (Å²) in [5, 5.41) is 0. The van der Waals surface area contributed by atoms with Crippen LogP contribution in [0, 0.1) is 0 Å². The van der Waals surface area contributed by atoms with E-state index in [1.165, 1.54) is 0 Å². The lowest BCUT2D eigenvalue weighted by molar-refractivity contribution is -0.118. The van der Waals surface area contributed by atoms with Gasteiger partial charge in [0.2, 0.25) is 0 Å². The molecule has 0 fully saturated rings. The van der Waals surface area contributed by atoms with E-state index in [1.807, 2.05) is 6.26 Å². The zero-order valence-corrected chi connectivity index (χ0v) is 8.62. The van der Waals surface area contributed by atoms with Crippen molar-refractivity contribution in [3.8, 4) is 0 Å². The molecule has 1 atom stereocenters. The number of hydrogen-bond donors (Lipinski definition) is 2. The predicted octanol–water partition coefficient (Wildman–Crippen LogP) is 0.941. The predicted molar refractivity (Wildman–Crippen MR) is 54.0 cm³/mol. The van der Waals surface area contributed by atoms with Crippen LogP contribution >= 0.6 is 11.9 Å². The Balaban J connectivity index is 3.14. The van der Waals surface area contributed by atoms with E-state index in [1.54, 1.807) is 18.9 Å². The third-order valence-electron chi connectivity index (χ3n) is 1.71. The van der Waals surface area contributed by atoms with Crippen molar-refractivity contribution in [1.82, 2.24) is 4.72 Å². The fourth-order valence-corrected chi connectivity index (χ4v) is 1.22.